The van der Waals surface area contributed by atoms with E-state index < -0.39 is 11.4 Å². The molecule has 0 saturated carbocycles. The summed E-state index contributed by atoms with van der Waals surface area (Å²) in [7, 11) is 0. The summed E-state index contributed by atoms with van der Waals surface area (Å²) in [4.78, 5) is 15.8. The normalized spacial score (nSPS) is 17.3. The number of carboxylic acids is 1. The fraction of sp³-hybridized carbons (Fsp3) is 0.444. The van der Waals surface area contributed by atoms with E-state index in [4.69, 9.17) is 0 Å². The highest BCUT2D eigenvalue weighted by molar-refractivity contribution is 5.82. The van der Waals surface area contributed by atoms with Gasteiger partial charge < -0.3 is 10.4 Å². The van der Waals surface area contributed by atoms with Crippen LogP contribution in [0.4, 0.5) is 4.39 Å². The van der Waals surface area contributed by atoms with Crippen LogP contribution in [0.25, 0.3) is 10.9 Å². The van der Waals surface area contributed by atoms with Crippen molar-refractivity contribution in [3.8, 4) is 0 Å². The van der Waals surface area contributed by atoms with Crippen LogP contribution < -0.4 is 5.32 Å². The first-order valence-electron chi connectivity index (χ1n) is 8.09. The molecular weight excluding hydrogens is 295 g/mol. The number of aliphatic carboxylic acids is 1. The van der Waals surface area contributed by atoms with Crippen LogP contribution in [0.15, 0.2) is 30.5 Å². The Morgan fingerprint density at radius 1 is 1.30 bits per heavy atom. The van der Waals surface area contributed by atoms with Gasteiger partial charge in [0.15, 0.2) is 0 Å². The number of fused-ring (bicyclic) bond motifs is 1. The van der Waals surface area contributed by atoms with Crippen molar-refractivity contribution in [1.29, 1.82) is 0 Å². The van der Waals surface area contributed by atoms with Crippen LogP contribution in [0, 0.1) is 11.2 Å². The number of hydrogen-bond donors (Lipinski definition) is 2. The Bertz CT molecular complexity index is 711. The van der Waals surface area contributed by atoms with E-state index in [1.54, 1.807) is 0 Å². The quantitative estimate of drug-likeness (QED) is 0.889. The molecule has 0 amide bonds. The smallest absolute Gasteiger partial charge is 0.309 e. The van der Waals surface area contributed by atoms with Crippen molar-refractivity contribution in [1.82, 2.24) is 10.3 Å². The molecule has 1 aliphatic heterocycles. The molecule has 1 fully saturated rings. The third kappa shape index (κ3) is 3.20. The Balaban J connectivity index is 1.76. The van der Waals surface area contributed by atoms with E-state index in [0.717, 1.165) is 24.0 Å². The predicted molar refractivity (Wildman–Crippen MR) is 86.8 cm³/mol. The molecule has 2 N–H and O–H groups in total. The summed E-state index contributed by atoms with van der Waals surface area (Å²) in [5, 5.41) is 13.6. The lowest BCUT2D eigenvalue weighted by Crippen LogP contribution is -2.42. The molecule has 2 aromatic rings. The van der Waals surface area contributed by atoms with E-state index in [-0.39, 0.29) is 5.82 Å². The number of halogens is 1. The van der Waals surface area contributed by atoms with Gasteiger partial charge in [-0.25, -0.2) is 4.39 Å². The van der Waals surface area contributed by atoms with Crippen molar-refractivity contribution in [2.75, 3.05) is 13.1 Å². The minimum atomic E-state index is -0.723. The lowest BCUT2D eigenvalue weighted by atomic mass is 9.75. The number of benzene rings is 1. The maximum atomic E-state index is 14.2. The molecule has 0 spiro atoms. The molecule has 0 aliphatic carbocycles. The second kappa shape index (κ2) is 6.62. The number of hydrogen-bond acceptors (Lipinski definition) is 3. The fourth-order valence-electron chi connectivity index (χ4n) is 3.51. The van der Waals surface area contributed by atoms with Gasteiger partial charge in [-0.05, 0) is 56.8 Å². The average Bonchev–Trinajstić information content (AvgIpc) is 2.57. The largest absolute Gasteiger partial charge is 0.481 e. The first kappa shape index (κ1) is 15.9. The van der Waals surface area contributed by atoms with Gasteiger partial charge >= 0.3 is 5.97 Å². The topological polar surface area (TPSA) is 62.2 Å². The number of para-hydroxylation sites is 1. The molecule has 0 radical (unpaired) electrons. The van der Waals surface area contributed by atoms with Gasteiger partial charge in [-0.2, -0.15) is 0 Å². The maximum absolute atomic E-state index is 14.2. The predicted octanol–water partition coefficient (Wildman–Crippen LogP) is 3.15. The van der Waals surface area contributed by atoms with E-state index in [1.807, 2.05) is 24.3 Å². The van der Waals surface area contributed by atoms with Gasteiger partial charge in [0, 0.05) is 5.39 Å². The number of carbonyl (C=O) groups is 1. The zero-order valence-electron chi connectivity index (χ0n) is 13.0. The zero-order valence-corrected chi connectivity index (χ0v) is 13.0. The van der Waals surface area contributed by atoms with Gasteiger partial charge in [0.25, 0.3) is 0 Å². The third-order valence-electron chi connectivity index (χ3n) is 4.93. The van der Waals surface area contributed by atoms with Gasteiger partial charge in [-0.3, -0.25) is 9.78 Å². The Hall–Kier alpha value is -2.01. The van der Waals surface area contributed by atoms with Crippen LogP contribution in [0.3, 0.4) is 0 Å². The molecule has 1 saturated heterocycles. The van der Waals surface area contributed by atoms with Crippen LogP contribution in [-0.2, 0) is 11.2 Å². The number of carboxylic acid groups (broad SMARTS) is 1. The summed E-state index contributed by atoms with van der Waals surface area (Å²) < 4.78 is 14.2. The lowest BCUT2D eigenvalue weighted by molar-refractivity contribution is -0.151. The minimum absolute atomic E-state index is 0.307. The molecule has 0 bridgehead atoms. The van der Waals surface area contributed by atoms with Crippen LogP contribution >= 0.6 is 0 Å². The van der Waals surface area contributed by atoms with Gasteiger partial charge in [-0.1, -0.05) is 18.2 Å². The Labute approximate surface area is 134 Å². The third-order valence-corrected chi connectivity index (χ3v) is 4.93. The van der Waals surface area contributed by atoms with Crippen molar-refractivity contribution in [2.45, 2.75) is 32.1 Å². The maximum Gasteiger partial charge on any atom is 0.309 e. The number of pyridine rings is 1. The van der Waals surface area contributed by atoms with E-state index in [0.29, 0.717) is 37.7 Å². The highest BCUT2D eigenvalue weighted by Crippen LogP contribution is 2.35. The van der Waals surface area contributed by atoms with Gasteiger partial charge in [-0.15, -0.1) is 0 Å². The molecule has 2 heterocycles. The number of rotatable bonds is 5. The van der Waals surface area contributed by atoms with Gasteiger partial charge in [0.2, 0.25) is 0 Å². The van der Waals surface area contributed by atoms with Crippen LogP contribution in [0.1, 0.15) is 31.2 Å². The number of nitrogens with one attached hydrogen (secondary N) is 1. The molecule has 1 aromatic carbocycles. The van der Waals surface area contributed by atoms with E-state index in [9.17, 15) is 14.3 Å². The standard InChI is InChI=1S/C18H21FN2O2/c19-15-12-21-16-6-2-1-4-14(16)13(15)5-3-7-18(17(22)23)8-10-20-11-9-18/h1-2,4,6,12,20H,3,5,7-11H2,(H,22,23). The molecular formula is C18H21FN2O2. The van der Waals surface area contributed by atoms with Crippen LogP contribution in [0.5, 0.6) is 0 Å². The van der Waals surface area contributed by atoms with Crippen molar-refractivity contribution in [2.24, 2.45) is 5.41 Å². The molecule has 4 nitrogen and oxygen atoms in total. The molecule has 0 atom stereocenters. The number of nitrogens with zero attached hydrogens (tertiary/aromatic N) is 1. The molecule has 122 valence electrons. The summed E-state index contributed by atoms with van der Waals surface area (Å²) >= 11 is 0. The van der Waals surface area contributed by atoms with Crippen LogP contribution in [0.2, 0.25) is 0 Å². The number of piperidine rings is 1. The second-order valence-corrected chi connectivity index (χ2v) is 6.29. The Morgan fingerprint density at radius 3 is 2.78 bits per heavy atom. The van der Waals surface area contributed by atoms with Crippen molar-refractivity contribution in [3.63, 3.8) is 0 Å². The molecule has 1 aromatic heterocycles. The van der Waals surface area contributed by atoms with Crippen molar-refractivity contribution >= 4 is 16.9 Å². The summed E-state index contributed by atoms with van der Waals surface area (Å²) in [6, 6.07) is 7.49. The molecule has 5 heteroatoms. The summed E-state index contributed by atoms with van der Waals surface area (Å²) in [6.45, 7) is 1.47. The van der Waals surface area contributed by atoms with Crippen molar-refractivity contribution < 1.29 is 14.3 Å². The Kier molecular flexibility index (Phi) is 4.57. The molecule has 0 unspecified atom stereocenters. The first-order chi connectivity index (χ1) is 11.1. The number of aromatic nitrogens is 1. The van der Waals surface area contributed by atoms with Crippen molar-refractivity contribution in [3.05, 3.63) is 41.8 Å². The number of aryl methyl sites for hydroxylation is 1. The van der Waals surface area contributed by atoms with E-state index in [2.05, 4.69) is 10.3 Å². The Morgan fingerprint density at radius 2 is 2.04 bits per heavy atom. The lowest BCUT2D eigenvalue weighted by Gasteiger charge is -2.33. The fourth-order valence-corrected chi connectivity index (χ4v) is 3.51. The first-order valence-corrected chi connectivity index (χ1v) is 8.09. The summed E-state index contributed by atoms with van der Waals surface area (Å²) in [5.41, 5.74) is 0.758. The van der Waals surface area contributed by atoms with E-state index >= 15 is 0 Å². The van der Waals surface area contributed by atoms with Gasteiger partial charge in [0.1, 0.15) is 5.82 Å². The SMILES string of the molecule is O=C(O)C1(CCCc2c(F)cnc3ccccc23)CCNCC1. The highest BCUT2D eigenvalue weighted by Gasteiger charge is 2.38. The second-order valence-electron chi connectivity index (χ2n) is 6.29. The zero-order chi connectivity index (χ0) is 16.3. The summed E-state index contributed by atoms with van der Waals surface area (Å²) in [5.74, 6) is -1.03. The molecule has 1 aliphatic rings. The van der Waals surface area contributed by atoms with E-state index in [1.165, 1.54) is 6.20 Å². The van der Waals surface area contributed by atoms with Gasteiger partial charge in [0.05, 0.1) is 17.1 Å². The highest BCUT2D eigenvalue weighted by atomic mass is 19.1. The monoisotopic (exact) mass is 316 g/mol. The minimum Gasteiger partial charge on any atom is -0.481 e. The summed E-state index contributed by atoms with van der Waals surface area (Å²) in [6.07, 6.45) is 4.33. The van der Waals surface area contributed by atoms with Crippen LogP contribution in [-0.4, -0.2) is 29.1 Å². The molecule has 23 heavy (non-hydrogen) atoms. The average molecular weight is 316 g/mol. The molecule has 3 rings (SSSR count).